The van der Waals surface area contributed by atoms with Crippen molar-refractivity contribution in [3.63, 3.8) is 0 Å². The largest absolute Gasteiger partial charge is 0.497 e. The number of methoxy groups -OCH3 is 1. The number of thiophene rings is 1. The molecule has 176 valence electrons. The molecule has 0 spiro atoms. The number of benzene rings is 2. The van der Waals surface area contributed by atoms with Crippen LogP contribution in [0, 0.1) is 0 Å². The Labute approximate surface area is 209 Å². The standard InChI is InChI=1S/C27H22N2O4S2/c1-3-33-26(31)22-23(18-7-5-4-6-8-18)28-27-29(24(22)19-9-11-20(32-2)12-10-19)25(30)21(35-27)15-17-13-14-34-16-17/h4-16,24H,3H2,1-2H3/b21-15+. The molecule has 5 rings (SSSR count). The number of carbonyl (C=O) groups is 1. The van der Waals surface area contributed by atoms with Gasteiger partial charge in [-0.1, -0.05) is 53.8 Å². The lowest BCUT2D eigenvalue weighted by atomic mass is 9.93. The average molecular weight is 503 g/mol. The Morgan fingerprint density at radius 2 is 1.89 bits per heavy atom. The topological polar surface area (TPSA) is 69.9 Å². The molecule has 0 amide bonds. The first kappa shape index (κ1) is 23.0. The smallest absolute Gasteiger partial charge is 0.338 e. The molecular weight excluding hydrogens is 480 g/mol. The fraction of sp³-hybridized carbons (Fsp3) is 0.148. The molecule has 0 N–H and O–H groups in total. The minimum atomic E-state index is -0.698. The van der Waals surface area contributed by atoms with Gasteiger partial charge in [0.25, 0.3) is 5.56 Å². The van der Waals surface area contributed by atoms with E-state index in [0.717, 1.165) is 16.7 Å². The molecule has 2 aromatic carbocycles. The van der Waals surface area contributed by atoms with Crippen LogP contribution in [0.25, 0.3) is 11.8 Å². The average Bonchev–Trinajstić information content (AvgIpc) is 3.51. The number of hydrogen-bond donors (Lipinski definition) is 0. The van der Waals surface area contributed by atoms with Gasteiger partial charge in [-0.2, -0.15) is 11.3 Å². The van der Waals surface area contributed by atoms with Gasteiger partial charge in [0.15, 0.2) is 4.80 Å². The monoisotopic (exact) mass is 502 g/mol. The first-order valence-corrected chi connectivity index (χ1v) is 12.8. The quantitative estimate of drug-likeness (QED) is 0.374. The van der Waals surface area contributed by atoms with Gasteiger partial charge < -0.3 is 9.47 Å². The Bertz CT molecular complexity index is 1560. The first-order valence-electron chi connectivity index (χ1n) is 11.1. The lowest BCUT2D eigenvalue weighted by molar-refractivity contribution is -0.138. The van der Waals surface area contributed by atoms with E-state index in [0.29, 0.717) is 26.4 Å². The molecule has 0 saturated carbocycles. The number of nitrogens with zero attached hydrogens (tertiary/aromatic N) is 2. The van der Waals surface area contributed by atoms with E-state index in [1.165, 1.54) is 11.3 Å². The molecule has 0 fully saturated rings. The number of aromatic nitrogens is 1. The summed E-state index contributed by atoms with van der Waals surface area (Å²) in [5, 5.41) is 3.95. The van der Waals surface area contributed by atoms with Gasteiger partial charge in [0.2, 0.25) is 0 Å². The summed E-state index contributed by atoms with van der Waals surface area (Å²) < 4.78 is 13.0. The number of carbonyl (C=O) groups excluding carboxylic acids is 1. The molecule has 1 aliphatic heterocycles. The van der Waals surface area contributed by atoms with Crippen LogP contribution in [-0.2, 0) is 9.53 Å². The maximum absolute atomic E-state index is 13.7. The van der Waals surface area contributed by atoms with E-state index >= 15 is 0 Å². The van der Waals surface area contributed by atoms with E-state index in [-0.39, 0.29) is 12.2 Å². The SMILES string of the molecule is CCOC(=O)C1=C(c2ccccc2)N=c2s/c(=C/c3ccsc3)c(=O)n2C1c1ccc(OC)cc1. The summed E-state index contributed by atoms with van der Waals surface area (Å²) in [5.74, 6) is 0.187. The molecule has 1 aliphatic rings. The summed E-state index contributed by atoms with van der Waals surface area (Å²) in [6.07, 6.45) is 1.86. The van der Waals surface area contributed by atoms with Crippen LogP contribution in [0.5, 0.6) is 5.75 Å². The van der Waals surface area contributed by atoms with Crippen LogP contribution < -0.4 is 19.6 Å². The predicted molar refractivity (Wildman–Crippen MR) is 138 cm³/mol. The summed E-state index contributed by atoms with van der Waals surface area (Å²) in [6.45, 7) is 1.97. The molecule has 3 heterocycles. The highest BCUT2D eigenvalue weighted by molar-refractivity contribution is 7.08. The molecule has 0 bridgehead atoms. The normalized spacial score (nSPS) is 15.5. The predicted octanol–water partition coefficient (Wildman–Crippen LogP) is 4.01. The third-order valence-electron chi connectivity index (χ3n) is 5.65. The van der Waals surface area contributed by atoms with E-state index < -0.39 is 12.0 Å². The van der Waals surface area contributed by atoms with Gasteiger partial charge in [0, 0.05) is 5.56 Å². The highest BCUT2D eigenvalue weighted by Gasteiger charge is 2.35. The van der Waals surface area contributed by atoms with Crippen molar-refractivity contribution in [2.24, 2.45) is 4.99 Å². The van der Waals surface area contributed by atoms with Crippen LogP contribution in [-0.4, -0.2) is 24.3 Å². The van der Waals surface area contributed by atoms with Gasteiger partial charge in [-0.05, 0) is 53.1 Å². The van der Waals surface area contributed by atoms with Crippen LogP contribution in [0.3, 0.4) is 0 Å². The van der Waals surface area contributed by atoms with Crippen molar-refractivity contribution in [2.45, 2.75) is 13.0 Å². The fourth-order valence-corrected chi connectivity index (χ4v) is 5.67. The van der Waals surface area contributed by atoms with Crippen molar-refractivity contribution in [1.82, 2.24) is 4.57 Å². The molecule has 0 radical (unpaired) electrons. The van der Waals surface area contributed by atoms with Crippen LogP contribution in [0.1, 0.15) is 29.7 Å². The number of fused-ring (bicyclic) bond motifs is 1. The van der Waals surface area contributed by atoms with E-state index in [1.807, 2.05) is 77.5 Å². The van der Waals surface area contributed by atoms with Gasteiger partial charge in [-0.15, -0.1) is 0 Å². The first-order chi connectivity index (χ1) is 17.1. The fourth-order valence-electron chi connectivity index (χ4n) is 4.05. The molecule has 1 atom stereocenters. The summed E-state index contributed by atoms with van der Waals surface area (Å²) in [7, 11) is 1.60. The molecule has 35 heavy (non-hydrogen) atoms. The van der Waals surface area contributed by atoms with E-state index in [9.17, 15) is 9.59 Å². The van der Waals surface area contributed by atoms with Crippen molar-refractivity contribution in [3.05, 3.63) is 113 Å². The second-order valence-corrected chi connectivity index (χ2v) is 9.55. The highest BCUT2D eigenvalue weighted by Crippen LogP contribution is 2.35. The number of esters is 1. The zero-order valence-corrected chi connectivity index (χ0v) is 20.8. The second kappa shape index (κ2) is 9.85. The van der Waals surface area contributed by atoms with Gasteiger partial charge >= 0.3 is 5.97 Å². The summed E-state index contributed by atoms with van der Waals surface area (Å²) in [5.41, 5.74) is 3.14. The molecule has 0 saturated heterocycles. The minimum absolute atomic E-state index is 0.199. The Hall–Kier alpha value is -3.75. The van der Waals surface area contributed by atoms with Gasteiger partial charge in [-0.25, -0.2) is 9.79 Å². The zero-order chi connectivity index (χ0) is 24.4. The van der Waals surface area contributed by atoms with E-state index in [2.05, 4.69) is 0 Å². The third-order valence-corrected chi connectivity index (χ3v) is 7.33. The number of rotatable bonds is 6. The van der Waals surface area contributed by atoms with E-state index in [4.69, 9.17) is 14.5 Å². The van der Waals surface area contributed by atoms with Crippen LogP contribution >= 0.6 is 22.7 Å². The van der Waals surface area contributed by atoms with Crippen molar-refractivity contribution >= 4 is 40.4 Å². The van der Waals surface area contributed by atoms with Gasteiger partial charge in [0.05, 0.1) is 35.6 Å². The Balaban J connectivity index is 1.83. The summed E-state index contributed by atoms with van der Waals surface area (Å²) in [6, 6.07) is 18.2. The lowest BCUT2D eigenvalue weighted by Gasteiger charge is -2.26. The van der Waals surface area contributed by atoms with Crippen LogP contribution in [0.15, 0.2) is 86.8 Å². The maximum atomic E-state index is 13.7. The number of ether oxygens (including phenoxy) is 2. The number of hydrogen-bond acceptors (Lipinski definition) is 7. The van der Waals surface area contributed by atoms with Crippen molar-refractivity contribution < 1.29 is 14.3 Å². The second-order valence-electron chi connectivity index (χ2n) is 7.76. The lowest BCUT2D eigenvalue weighted by Crippen LogP contribution is -2.40. The minimum Gasteiger partial charge on any atom is -0.497 e. The summed E-state index contributed by atoms with van der Waals surface area (Å²) in [4.78, 5) is 32.5. The Morgan fingerprint density at radius 3 is 2.54 bits per heavy atom. The molecule has 4 aromatic rings. The van der Waals surface area contributed by atoms with Gasteiger partial charge in [0.1, 0.15) is 5.75 Å². The van der Waals surface area contributed by atoms with Crippen molar-refractivity contribution in [2.75, 3.05) is 13.7 Å². The van der Waals surface area contributed by atoms with E-state index in [1.54, 1.807) is 29.9 Å². The Morgan fingerprint density at radius 1 is 1.11 bits per heavy atom. The Kier molecular flexibility index (Phi) is 6.48. The summed E-state index contributed by atoms with van der Waals surface area (Å²) >= 11 is 2.88. The third kappa shape index (κ3) is 4.38. The molecule has 0 aliphatic carbocycles. The van der Waals surface area contributed by atoms with Gasteiger partial charge in [-0.3, -0.25) is 9.36 Å². The maximum Gasteiger partial charge on any atom is 0.338 e. The molecule has 2 aromatic heterocycles. The van der Waals surface area contributed by atoms with Crippen molar-refractivity contribution in [3.8, 4) is 5.75 Å². The van der Waals surface area contributed by atoms with Crippen LogP contribution in [0.2, 0.25) is 0 Å². The molecular formula is C27H22N2O4S2. The van der Waals surface area contributed by atoms with Crippen molar-refractivity contribution in [1.29, 1.82) is 0 Å². The highest BCUT2D eigenvalue weighted by atomic mass is 32.1. The molecule has 8 heteroatoms. The number of thiazole rings is 1. The molecule has 1 unspecified atom stereocenters. The zero-order valence-electron chi connectivity index (χ0n) is 19.1. The molecule has 6 nitrogen and oxygen atoms in total. The van der Waals surface area contributed by atoms with Crippen LogP contribution in [0.4, 0.5) is 0 Å².